The van der Waals surface area contributed by atoms with Crippen molar-refractivity contribution in [2.45, 2.75) is 0 Å². The Balaban J connectivity index is 1.97. The van der Waals surface area contributed by atoms with Crippen molar-refractivity contribution in [3.8, 4) is 0 Å². The zero-order valence-electron chi connectivity index (χ0n) is 10.1. The highest BCUT2D eigenvalue weighted by atomic mass is 35.5. The number of aromatic nitrogens is 1. The summed E-state index contributed by atoms with van der Waals surface area (Å²) in [5, 5.41) is 6.41. The number of halogens is 2. The predicted molar refractivity (Wildman–Crippen MR) is 84.4 cm³/mol. The number of thiocarbonyl (C=S) groups is 1. The van der Waals surface area contributed by atoms with E-state index in [4.69, 9.17) is 35.4 Å². The molecule has 0 aliphatic rings. The molecule has 0 saturated carbocycles. The number of hydrogen-bond donors (Lipinski definition) is 2. The van der Waals surface area contributed by atoms with Crippen LogP contribution in [-0.4, -0.2) is 16.0 Å². The zero-order valence-corrected chi connectivity index (χ0v) is 12.4. The second-order valence-electron chi connectivity index (χ2n) is 3.79. The molecule has 2 N–H and O–H groups in total. The molecule has 1 aromatic carbocycles. The van der Waals surface area contributed by atoms with Gasteiger partial charge in [-0.3, -0.25) is 10.1 Å². The van der Waals surface area contributed by atoms with Crippen LogP contribution in [0.2, 0.25) is 10.2 Å². The summed E-state index contributed by atoms with van der Waals surface area (Å²) in [6.45, 7) is 0. The van der Waals surface area contributed by atoms with Crippen LogP contribution in [0.15, 0.2) is 42.6 Å². The molecule has 0 atom stereocenters. The average molecular weight is 326 g/mol. The van der Waals surface area contributed by atoms with E-state index in [2.05, 4.69) is 15.6 Å². The second kappa shape index (κ2) is 6.65. The number of carbonyl (C=O) groups excluding carboxylic acids is 1. The number of nitrogens with one attached hydrogen (secondary N) is 2. The number of benzene rings is 1. The van der Waals surface area contributed by atoms with Gasteiger partial charge < -0.3 is 5.32 Å². The van der Waals surface area contributed by atoms with Crippen molar-refractivity contribution in [3.05, 3.63) is 58.3 Å². The van der Waals surface area contributed by atoms with Crippen LogP contribution in [0.1, 0.15) is 10.4 Å². The lowest BCUT2D eigenvalue weighted by Crippen LogP contribution is -2.34. The Bertz CT molecular complexity index is 646. The molecule has 1 aromatic heterocycles. The van der Waals surface area contributed by atoms with Gasteiger partial charge in [0.15, 0.2) is 5.11 Å². The molecule has 2 rings (SSSR count). The molecule has 0 spiro atoms. The molecule has 102 valence electrons. The quantitative estimate of drug-likeness (QED) is 0.655. The fourth-order valence-corrected chi connectivity index (χ4v) is 1.93. The van der Waals surface area contributed by atoms with E-state index < -0.39 is 0 Å². The summed E-state index contributed by atoms with van der Waals surface area (Å²) >= 11 is 16.5. The minimum absolute atomic E-state index is 0.166. The fourth-order valence-electron chi connectivity index (χ4n) is 1.42. The Kier molecular flexibility index (Phi) is 4.89. The van der Waals surface area contributed by atoms with Gasteiger partial charge in [0.1, 0.15) is 5.15 Å². The lowest BCUT2D eigenvalue weighted by atomic mass is 10.2. The first-order chi connectivity index (χ1) is 9.54. The molecule has 0 radical (unpaired) electrons. The smallest absolute Gasteiger partial charge is 0.257 e. The molecule has 0 bridgehead atoms. The van der Waals surface area contributed by atoms with Gasteiger partial charge >= 0.3 is 0 Å². The van der Waals surface area contributed by atoms with E-state index in [9.17, 15) is 4.79 Å². The maximum atomic E-state index is 11.9. The van der Waals surface area contributed by atoms with Crippen molar-refractivity contribution < 1.29 is 4.79 Å². The maximum Gasteiger partial charge on any atom is 0.257 e. The topological polar surface area (TPSA) is 54.0 Å². The van der Waals surface area contributed by atoms with Gasteiger partial charge in [0.05, 0.1) is 11.9 Å². The van der Waals surface area contributed by atoms with Crippen LogP contribution >= 0.6 is 35.4 Å². The van der Waals surface area contributed by atoms with Gasteiger partial charge in [-0.15, -0.1) is 0 Å². The third-order valence-electron chi connectivity index (χ3n) is 2.30. The Morgan fingerprint density at radius 3 is 2.65 bits per heavy atom. The van der Waals surface area contributed by atoms with Crippen molar-refractivity contribution >= 4 is 52.1 Å². The van der Waals surface area contributed by atoms with Crippen molar-refractivity contribution in [2.24, 2.45) is 0 Å². The summed E-state index contributed by atoms with van der Waals surface area (Å²) in [5.41, 5.74) is 1.06. The van der Waals surface area contributed by atoms with E-state index in [0.717, 1.165) is 0 Å². The van der Waals surface area contributed by atoms with E-state index in [1.54, 1.807) is 36.4 Å². The average Bonchev–Trinajstić information content (AvgIpc) is 2.41. The zero-order chi connectivity index (χ0) is 14.5. The van der Waals surface area contributed by atoms with Crippen molar-refractivity contribution in [1.82, 2.24) is 10.3 Å². The van der Waals surface area contributed by atoms with Crippen LogP contribution in [0, 0.1) is 0 Å². The summed E-state index contributed by atoms with van der Waals surface area (Å²) in [6, 6.07) is 9.90. The normalized spacial score (nSPS) is 9.90. The van der Waals surface area contributed by atoms with E-state index in [0.29, 0.717) is 21.4 Å². The maximum absolute atomic E-state index is 11.9. The summed E-state index contributed by atoms with van der Waals surface area (Å²) in [5.74, 6) is -0.341. The Labute approximate surface area is 131 Å². The van der Waals surface area contributed by atoms with Gasteiger partial charge in [-0.1, -0.05) is 29.3 Å². The number of nitrogens with zero attached hydrogens (tertiary/aromatic N) is 1. The number of amides is 1. The summed E-state index contributed by atoms with van der Waals surface area (Å²) in [6.07, 6.45) is 1.51. The Morgan fingerprint density at radius 1 is 1.20 bits per heavy atom. The Morgan fingerprint density at radius 2 is 2.00 bits per heavy atom. The van der Waals surface area contributed by atoms with E-state index in [1.807, 2.05) is 0 Å². The first kappa shape index (κ1) is 14.7. The minimum Gasteiger partial charge on any atom is -0.331 e. The molecule has 0 saturated heterocycles. The van der Waals surface area contributed by atoms with Crippen LogP contribution < -0.4 is 10.6 Å². The van der Waals surface area contributed by atoms with Crippen molar-refractivity contribution in [3.63, 3.8) is 0 Å². The van der Waals surface area contributed by atoms with Gasteiger partial charge in [0.25, 0.3) is 5.91 Å². The van der Waals surface area contributed by atoms with Crippen LogP contribution in [0.3, 0.4) is 0 Å². The molecular formula is C13H9Cl2N3OS. The van der Waals surface area contributed by atoms with Gasteiger partial charge in [0.2, 0.25) is 0 Å². The molecule has 4 nitrogen and oxygen atoms in total. The van der Waals surface area contributed by atoms with Gasteiger partial charge in [-0.2, -0.15) is 0 Å². The number of anilines is 1. The van der Waals surface area contributed by atoms with Crippen LogP contribution in [0.25, 0.3) is 0 Å². The molecule has 20 heavy (non-hydrogen) atoms. The number of hydrogen-bond acceptors (Lipinski definition) is 3. The molecular weight excluding hydrogens is 317 g/mol. The fraction of sp³-hybridized carbons (Fsp3) is 0. The summed E-state index contributed by atoms with van der Waals surface area (Å²) in [4.78, 5) is 15.8. The van der Waals surface area contributed by atoms with Gasteiger partial charge in [-0.05, 0) is 42.5 Å². The van der Waals surface area contributed by atoms with Gasteiger partial charge in [-0.25, -0.2) is 4.98 Å². The third kappa shape index (κ3) is 4.16. The summed E-state index contributed by atoms with van der Waals surface area (Å²) < 4.78 is 0. The van der Waals surface area contributed by atoms with Crippen LogP contribution in [-0.2, 0) is 0 Å². The number of rotatable bonds is 2. The highest BCUT2D eigenvalue weighted by molar-refractivity contribution is 7.80. The molecule has 0 aliphatic heterocycles. The predicted octanol–water partition coefficient (Wildman–Crippen LogP) is 3.52. The van der Waals surface area contributed by atoms with Gasteiger partial charge in [0, 0.05) is 10.6 Å². The van der Waals surface area contributed by atoms with Crippen LogP contribution in [0.5, 0.6) is 0 Å². The number of pyridine rings is 1. The van der Waals surface area contributed by atoms with E-state index in [-0.39, 0.29) is 11.0 Å². The monoisotopic (exact) mass is 325 g/mol. The highest BCUT2D eigenvalue weighted by Crippen LogP contribution is 2.11. The van der Waals surface area contributed by atoms with Crippen molar-refractivity contribution in [2.75, 3.05) is 5.32 Å². The lowest BCUT2D eigenvalue weighted by Gasteiger charge is -2.09. The first-order valence-electron chi connectivity index (χ1n) is 5.54. The standard InChI is InChI=1S/C13H9Cl2N3OS/c14-9-3-1-2-8(6-9)12(19)18-13(20)17-10-4-5-11(15)16-7-10/h1-7H,(H2,17,18,19,20). The highest BCUT2D eigenvalue weighted by Gasteiger charge is 2.08. The van der Waals surface area contributed by atoms with E-state index >= 15 is 0 Å². The molecule has 2 aromatic rings. The van der Waals surface area contributed by atoms with Crippen LogP contribution in [0.4, 0.5) is 5.69 Å². The van der Waals surface area contributed by atoms with E-state index in [1.165, 1.54) is 6.20 Å². The molecule has 7 heteroatoms. The van der Waals surface area contributed by atoms with Crippen molar-refractivity contribution in [1.29, 1.82) is 0 Å². The summed E-state index contributed by atoms with van der Waals surface area (Å²) in [7, 11) is 0. The first-order valence-corrected chi connectivity index (χ1v) is 6.70. The molecule has 1 heterocycles. The second-order valence-corrected chi connectivity index (χ2v) is 5.02. The molecule has 0 fully saturated rings. The largest absolute Gasteiger partial charge is 0.331 e. The number of carbonyl (C=O) groups is 1. The minimum atomic E-state index is -0.341. The molecule has 1 amide bonds. The Hall–Kier alpha value is -1.69. The SMILES string of the molecule is O=C(NC(=S)Nc1ccc(Cl)nc1)c1cccc(Cl)c1. The molecule has 0 unspecified atom stereocenters. The lowest BCUT2D eigenvalue weighted by molar-refractivity contribution is 0.0977. The third-order valence-corrected chi connectivity index (χ3v) is 2.96. The molecule has 0 aliphatic carbocycles.